The van der Waals surface area contributed by atoms with E-state index in [1.165, 1.54) is 6.07 Å². The summed E-state index contributed by atoms with van der Waals surface area (Å²) < 4.78 is 0. The van der Waals surface area contributed by atoms with Crippen LogP contribution in [0.5, 0.6) is 0 Å². The van der Waals surface area contributed by atoms with Crippen LogP contribution in [-0.2, 0) is 0 Å². The second-order valence-electron chi connectivity index (χ2n) is 5.53. The molecule has 6 nitrogen and oxygen atoms in total. The molecule has 0 bridgehead atoms. The number of rotatable bonds is 4. The van der Waals surface area contributed by atoms with Crippen LogP contribution in [0.1, 0.15) is 28.3 Å². The Bertz CT molecular complexity index is 1100. The fourth-order valence-corrected chi connectivity index (χ4v) is 2.77. The fourth-order valence-electron chi connectivity index (χ4n) is 2.48. The van der Waals surface area contributed by atoms with Crippen molar-refractivity contribution in [2.45, 2.75) is 5.92 Å². The smallest absolute Gasteiger partial charge is 0.227 e. The lowest BCUT2D eigenvalue weighted by atomic mass is 9.96. The van der Waals surface area contributed by atoms with E-state index in [0.717, 1.165) is 5.69 Å². The number of benzene rings is 2. The second-order valence-corrected chi connectivity index (χ2v) is 5.94. The molecule has 1 atom stereocenters. The highest BCUT2D eigenvalue weighted by molar-refractivity contribution is 6.31. The number of aromatic nitrogens is 2. The molecule has 0 radical (unpaired) electrons. The Morgan fingerprint density at radius 1 is 0.926 bits per heavy atom. The molecule has 3 aromatic rings. The number of nitriles is 3. The molecule has 0 aliphatic heterocycles. The molecule has 1 aromatic heterocycles. The number of hydrogen-bond donors (Lipinski definition) is 1. The van der Waals surface area contributed by atoms with E-state index in [1.807, 2.05) is 6.07 Å². The van der Waals surface area contributed by atoms with Gasteiger partial charge in [-0.15, -0.1) is 0 Å². The molecule has 0 spiro atoms. The van der Waals surface area contributed by atoms with Crippen LogP contribution in [0.4, 0.5) is 11.6 Å². The van der Waals surface area contributed by atoms with Gasteiger partial charge < -0.3 is 5.32 Å². The third-order valence-corrected chi connectivity index (χ3v) is 4.14. The zero-order valence-corrected chi connectivity index (χ0v) is 14.6. The van der Waals surface area contributed by atoms with Gasteiger partial charge in [-0.25, -0.2) is 9.97 Å². The first kappa shape index (κ1) is 17.9. The minimum absolute atomic E-state index is 0.322. The highest BCUT2D eigenvalue weighted by atomic mass is 35.5. The van der Waals surface area contributed by atoms with Crippen LogP contribution in [0.25, 0.3) is 0 Å². The molecule has 0 amide bonds. The molecular weight excluding hydrogens is 360 g/mol. The summed E-state index contributed by atoms with van der Waals surface area (Å²) >= 11 is 6.24. The third-order valence-electron chi connectivity index (χ3n) is 3.81. The molecule has 1 heterocycles. The van der Waals surface area contributed by atoms with Crippen molar-refractivity contribution in [1.29, 1.82) is 15.8 Å². The minimum Gasteiger partial charge on any atom is -0.324 e. The van der Waals surface area contributed by atoms with Crippen molar-refractivity contribution in [3.63, 3.8) is 0 Å². The van der Waals surface area contributed by atoms with E-state index in [-0.39, 0.29) is 0 Å². The first-order chi connectivity index (χ1) is 13.1. The summed E-state index contributed by atoms with van der Waals surface area (Å²) in [5, 5.41) is 30.8. The van der Waals surface area contributed by atoms with Gasteiger partial charge in [0.15, 0.2) is 0 Å². The molecule has 1 unspecified atom stereocenters. The summed E-state index contributed by atoms with van der Waals surface area (Å²) in [6, 6.07) is 19.6. The van der Waals surface area contributed by atoms with E-state index < -0.39 is 5.92 Å². The number of hydrogen-bond acceptors (Lipinski definition) is 6. The molecule has 0 fully saturated rings. The Morgan fingerprint density at radius 2 is 1.63 bits per heavy atom. The molecular formula is C20H11ClN6. The largest absolute Gasteiger partial charge is 0.324 e. The average molecular weight is 371 g/mol. The molecule has 27 heavy (non-hydrogen) atoms. The average Bonchev–Trinajstić information content (AvgIpc) is 2.70. The van der Waals surface area contributed by atoms with Gasteiger partial charge in [0, 0.05) is 16.9 Å². The van der Waals surface area contributed by atoms with Gasteiger partial charge >= 0.3 is 0 Å². The monoisotopic (exact) mass is 370 g/mol. The number of nitrogens with one attached hydrogen (secondary N) is 1. The van der Waals surface area contributed by atoms with Gasteiger partial charge in [-0.1, -0.05) is 17.7 Å². The van der Waals surface area contributed by atoms with Crippen LogP contribution in [-0.4, -0.2) is 9.97 Å². The standard InChI is InChI=1S/C20H11ClN6/c21-18-9-14(11-23)3-6-16(18)17(12-24)19-7-8-25-20(27-19)26-15-4-1-13(10-22)2-5-15/h1-9,17H,(H,25,26,27). The molecule has 3 rings (SSSR count). The van der Waals surface area contributed by atoms with Gasteiger partial charge in [0.05, 0.1) is 35.0 Å². The van der Waals surface area contributed by atoms with Gasteiger partial charge in [0.2, 0.25) is 5.95 Å². The first-order valence-electron chi connectivity index (χ1n) is 7.84. The molecule has 128 valence electrons. The number of nitrogens with zero attached hydrogens (tertiary/aromatic N) is 5. The second kappa shape index (κ2) is 7.97. The molecule has 0 aliphatic rings. The lowest BCUT2D eigenvalue weighted by Gasteiger charge is -2.12. The van der Waals surface area contributed by atoms with Crippen molar-refractivity contribution in [3.8, 4) is 18.2 Å². The molecule has 7 heteroatoms. The van der Waals surface area contributed by atoms with E-state index >= 15 is 0 Å². The molecule has 0 aliphatic carbocycles. The highest BCUT2D eigenvalue weighted by Crippen LogP contribution is 2.30. The Morgan fingerprint density at radius 3 is 2.26 bits per heavy atom. The molecule has 1 N–H and O–H groups in total. The normalized spacial score (nSPS) is 10.9. The van der Waals surface area contributed by atoms with Gasteiger partial charge in [0.1, 0.15) is 5.92 Å². The molecule has 0 saturated heterocycles. The summed E-state index contributed by atoms with van der Waals surface area (Å²) in [5.41, 5.74) is 2.74. The maximum Gasteiger partial charge on any atom is 0.227 e. The fraction of sp³-hybridized carbons (Fsp3) is 0.0500. The van der Waals surface area contributed by atoms with E-state index in [1.54, 1.807) is 48.7 Å². The predicted molar refractivity (Wildman–Crippen MR) is 100 cm³/mol. The van der Waals surface area contributed by atoms with Crippen molar-refractivity contribution >= 4 is 23.2 Å². The summed E-state index contributed by atoms with van der Waals surface area (Å²) in [6.45, 7) is 0. The molecule has 2 aromatic carbocycles. The van der Waals surface area contributed by atoms with Gasteiger partial charge in [0.25, 0.3) is 0 Å². The van der Waals surface area contributed by atoms with Crippen LogP contribution in [0.2, 0.25) is 5.02 Å². The Kier molecular flexibility index (Phi) is 5.28. The Hall–Kier alpha value is -3.92. The zero-order chi connectivity index (χ0) is 19.2. The summed E-state index contributed by atoms with van der Waals surface area (Å²) in [4.78, 5) is 8.57. The highest BCUT2D eigenvalue weighted by Gasteiger charge is 2.19. The van der Waals surface area contributed by atoms with Crippen LogP contribution < -0.4 is 5.32 Å². The van der Waals surface area contributed by atoms with Crippen LogP contribution in [0.15, 0.2) is 54.7 Å². The predicted octanol–water partition coefficient (Wildman–Crippen LogP) is 4.27. The van der Waals surface area contributed by atoms with Crippen molar-refractivity contribution in [1.82, 2.24) is 9.97 Å². The van der Waals surface area contributed by atoms with Gasteiger partial charge in [-0.05, 0) is 48.0 Å². The maximum atomic E-state index is 9.64. The van der Waals surface area contributed by atoms with E-state index in [9.17, 15) is 5.26 Å². The molecule has 0 saturated carbocycles. The van der Waals surface area contributed by atoms with Gasteiger partial charge in [-0.2, -0.15) is 15.8 Å². The van der Waals surface area contributed by atoms with Gasteiger partial charge in [-0.3, -0.25) is 0 Å². The summed E-state index contributed by atoms with van der Waals surface area (Å²) in [5.74, 6) is -0.378. The van der Waals surface area contributed by atoms with Crippen molar-refractivity contribution in [3.05, 3.63) is 82.1 Å². The lowest BCUT2D eigenvalue weighted by molar-refractivity contribution is 0.948. The zero-order valence-electron chi connectivity index (χ0n) is 13.9. The number of anilines is 2. The Labute approximate surface area is 160 Å². The van der Waals surface area contributed by atoms with Crippen molar-refractivity contribution in [2.75, 3.05) is 5.32 Å². The van der Waals surface area contributed by atoms with Crippen LogP contribution in [0, 0.1) is 34.0 Å². The van der Waals surface area contributed by atoms with Crippen LogP contribution >= 0.6 is 11.6 Å². The topological polar surface area (TPSA) is 109 Å². The first-order valence-corrected chi connectivity index (χ1v) is 8.21. The van der Waals surface area contributed by atoms with Crippen LogP contribution in [0.3, 0.4) is 0 Å². The van der Waals surface area contributed by atoms with Crippen molar-refractivity contribution in [2.24, 2.45) is 0 Å². The summed E-state index contributed by atoms with van der Waals surface area (Å²) in [7, 11) is 0. The third kappa shape index (κ3) is 4.02. The maximum absolute atomic E-state index is 9.64. The number of halogens is 1. The Balaban J connectivity index is 1.90. The quantitative estimate of drug-likeness (QED) is 0.734. The van der Waals surface area contributed by atoms with Crippen molar-refractivity contribution < 1.29 is 0 Å². The minimum atomic E-state index is -0.699. The van der Waals surface area contributed by atoms with E-state index in [2.05, 4.69) is 27.4 Å². The van der Waals surface area contributed by atoms with E-state index in [0.29, 0.717) is 33.4 Å². The SMILES string of the molecule is N#Cc1ccc(Nc2nccc(C(C#N)c3ccc(C#N)cc3Cl)n2)cc1. The summed E-state index contributed by atoms with van der Waals surface area (Å²) in [6.07, 6.45) is 1.55. The lowest BCUT2D eigenvalue weighted by Crippen LogP contribution is -2.05. The van der Waals surface area contributed by atoms with E-state index in [4.69, 9.17) is 22.1 Å².